The fourth-order valence-corrected chi connectivity index (χ4v) is 4.91. The molecule has 3 aliphatic rings. The number of likely N-dealkylation sites (tertiary alicyclic amines) is 2. The van der Waals surface area contributed by atoms with Gasteiger partial charge in [-0.3, -0.25) is 14.5 Å². The lowest BCUT2D eigenvalue weighted by molar-refractivity contribution is 0.0893. The summed E-state index contributed by atoms with van der Waals surface area (Å²) in [6.07, 6.45) is 12.6. The normalized spacial score (nSPS) is 30.6. The van der Waals surface area contributed by atoms with Crippen molar-refractivity contribution < 1.29 is 4.42 Å². The molecule has 2 aromatic heterocycles. The van der Waals surface area contributed by atoms with Crippen LogP contribution >= 0.6 is 0 Å². The molecule has 3 atom stereocenters. The second-order valence-corrected chi connectivity index (χ2v) is 8.13. The fourth-order valence-electron chi connectivity index (χ4n) is 4.91. The first-order valence-electron chi connectivity index (χ1n) is 9.67. The van der Waals surface area contributed by atoms with Gasteiger partial charge in [0.05, 0.1) is 19.1 Å². The first kappa shape index (κ1) is 15.6. The number of piperidine rings is 1. The molecule has 0 unspecified atom stereocenters. The molecule has 0 bridgehead atoms. The highest BCUT2D eigenvalue weighted by Gasteiger charge is 2.45. The van der Waals surface area contributed by atoms with Crippen molar-refractivity contribution in [1.29, 1.82) is 0 Å². The molecule has 0 spiro atoms. The largest absolute Gasteiger partial charge is 0.472 e. The monoisotopic (exact) mass is 341 g/mol. The van der Waals surface area contributed by atoms with E-state index in [-0.39, 0.29) is 0 Å². The maximum atomic E-state index is 5.24. The first-order valence-corrected chi connectivity index (χ1v) is 9.67. The topological polar surface area (TPSA) is 50.3 Å². The van der Waals surface area contributed by atoms with Crippen molar-refractivity contribution in [3.8, 4) is 0 Å². The molecule has 3 fully saturated rings. The number of rotatable bonds is 6. The van der Waals surface area contributed by atoms with E-state index in [2.05, 4.69) is 25.9 Å². The lowest BCUT2D eigenvalue weighted by Gasteiger charge is -2.38. The number of hydrogen-bond acceptors (Lipinski definition) is 5. The summed E-state index contributed by atoms with van der Waals surface area (Å²) in [5, 5.41) is 4.35. The van der Waals surface area contributed by atoms with E-state index in [0.717, 1.165) is 31.0 Å². The summed E-state index contributed by atoms with van der Waals surface area (Å²) in [6, 6.07) is 3.47. The molecule has 5 rings (SSSR count). The predicted molar refractivity (Wildman–Crippen MR) is 93.7 cm³/mol. The molecule has 0 amide bonds. The molecular weight excluding hydrogens is 314 g/mol. The third-order valence-corrected chi connectivity index (χ3v) is 6.26. The standard InChI is InChI=1S/C19H27N5O/c1-2-15(1)9-24-18(11-23-14-20-13-21-23)7-17-10-22(5-3-19(17)24)8-16-4-6-25-12-16/h4,6,12-15,17-19H,1-3,5,7-11H2/t17-,18+,19+/m1/s1. The van der Waals surface area contributed by atoms with E-state index < -0.39 is 0 Å². The Bertz CT molecular complexity index is 666. The Morgan fingerprint density at radius 3 is 2.92 bits per heavy atom. The van der Waals surface area contributed by atoms with E-state index in [1.165, 1.54) is 50.9 Å². The highest BCUT2D eigenvalue weighted by Crippen LogP contribution is 2.40. The number of aromatic nitrogens is 3. The summed E-state index contributed by atoms with van der Waals surface area (Å²) in [6.45, 7) is 5.72. The minimum absolute atomic E-state index is 0.617. The Hall–Kier alpha value is -1.66. The van der Waals surface area contributed by atoms with Crippen LogP contribution in [-0.2, 0) is 13.1 Å². The van der Waals surface area contributed by atoms with Crippen LogP contribution in [0.1, 0.15) is 31.2 Å². The second-order valence-electron chi connectivity index (χ2n) is 8.13. The van der Waals surface area contributed by atoms with Crippen LogP contribution in [0.4, 0.5) is 0 Å². The van der Waals surface area contributed by atoms with Gasteiger partial charge in [-0.05, 0) is 50.1 Å². The molecule has 2 aliphatic heterocycles. The van der Waals surface area contributed by atoms with Gasteiger partial charge in [-0.25, -0.2) is 4.98 Å². The Morgan fingerprint density at radius 2 is 2.16 bits per heavy atom. The molecular formula is C19H27N5O. The number of furan rings is 1. The SMILES string of the molecule is c1ncn(C[C@@H]2C[C@@H]3CN(Cc4ccoc4)CC[C@@H]3N2CC2CC2)n1. The van der Waals surface area contributed by atoms with Crippen LogP contribution in [-0.4, -0.2) is 56.3 Å². The van der Waals surface area contributed by atoms with E-state index in [0.29, 0.717) is 6.04 Å². The fraction of sp³-hybridized carbons (Fsp3) is 0.684. The van der Waals surface area contributed by atoms with Crippen LogP contribution in [0.3, 0.4) is 0 Å². The van der Waals surface area contributed by atoms with E-state index in [4.69, 9.17) is 4.42 Å². The van der Waals surface area contributed by atoms with Crippen molar-refractivity contribution >= 4 is 0 Å². The molecule has 134 valence electrons. The van der Waals surface area contributed by atoms with E-state index >= 15 is 0 Å². The van der Waals surface area contributed by atoms with Gasteiger partial charge in [0, 0.05) is 37.3 Å². The Balaban J connectivity index is 1.27. The Morgan fingerprint density at radius 1 is 1.20 bits per heavy atom. The zero-order chi connectivity index (χ0) is 16.6. The second kappa shape index (κ2) is 6.57. The maximum absolute atomic E-state index is 5.24. The van der Waals surface area contributed by atoms with Crippen LogP contribution in [0.2, 0.25) is 0 Å². The van der Waals surface area contributed by atoms with Crippen molar-refractivity contribution in [3.05, 3.63) is 36.8 Å². The molecule has 0 radical (unpaired) electrons. The number of fused-ring (bicyclic) bond motifs is 1. The number of hydrogen-bond donors (Lipinski definition) is 0. The molecule has 25 heavy (non-hydrogen) atoms. The van der Waals surface area contributed by atoms with Crippen LogP contribution in [0, 0.1) is 11.8 Å². The molecule has 2 saturated heterocycles. The first-order chi connectivity index (χ1) is 12.3. The molecule has 0 N–H and O–H groups in total. The summed E-state index contributed by atoms with van der Waals surface area (Å²) in [7, 11) is 0. The van der Waals surface area contributed by atoms with Crippen molar-refractivity contribution in [2.45, 2.75) is 50.9 Å². The van der Waals surface area contributed by atoms with Crippen LogP contribution in [0.15, 0.2) is 35.7 Å². The molecule has 6 nitrogen and oxygen atoms in total. The van der Waals surface area contributed by atoms with Gasteiger partial charge in [0.15, 0.2) is 0 Å². The minimum atomic E-state index is 0.617. The van der Waals surface area contributed by atoms with E-state index in [9.17, 15) is 0 Å². The van der Waals surface area contributed by atoms with Gasteiger partial charge in [0.25, 0.3) is 0 Å². The molecule has 0 aromatic carbocycles. The average Bonchev–Trinajstić information content (AvgIpc) is 3.01. The third-order valence-electron chi connectivity index (χ3n) is 6.26. The van der Waals surface area contributed by atoms with Crippen molar-refractivity contribution in [1.82, 2.24) is 24.6 Å². The third kappa shape index (κ3) is 3.37. The van der Waals surface area contributed by atoms with Gasteiger partial charge >= 0.3 is 0 Å². The summed E-state index contributed by atoms with van der Waals surface area (Å²) in [5.41, 5.74) is 1.30. The molecule has 1 saturated carbocycles. The smallest absolute Gasteiger partial charge is 0.137 e. The zero-order valence-electron chi connectivity index (χ0n) is 14.7. The molecule has 1 aliphatic carbocycles. The van der Waals surface area contributed by atoms with E-state index in [1.807, 2.05) is 17.3 Å². The molecule has 6 heteroatoms. The Labute approximate surface area is 148 Å². The van der Waals surface area contributed by atoms with Crippen LogP contribution in [0.5, 0.6) is 0 Å². The highest BCUT2D eigenvalue weighted by molar-refractivity contribution is 5.06. The lowest BCUT2D eigenvalue weighted by Crippen LogP contribution is -2.47. The maximum Gasteiger partial charge on any atom is 0.137 e. The van der Waals surface area contributed by atoms with Crippen LogP contribution < -0.4 is 0 Å². The predicted octanol–water partition coefficient (Wildman–Crippen LogP) is 2.25. The summed E-state index contributed by atoms with van der Waals surface area (Å²) < 4.78 is 7.25. The van der Waals surface area contributed by atoms with Gasteiger partial charge in [-0.2, -0.15) is 5.10 Å². The number of nitrogens with zero attached hydrogens (tertiary/aromatic N) is 5. The summed E-state index contributed by atoms with van der Waals surface area (Å²) >= 11 is 0. The summed E-state index contributed by atoms with van der Waals surface area (Å²) in [5.74, 6) is 1.73. The van der Waals surface area contributed by atoms with Gasteiger partial charge in [-0.1, -0.05) is 0 Å². The average molecular weight is 341 g/mol. The van der Waals surface area contributed by atoms with E-state index in [1.54, 1.807) is 12.6 Å². The Kier molecular flexibility index (Phi) is 4.10. The van der Waals surface area contributed by atoms with Gasteiger partial charge in [-0.15, -0.1) is 0 Å². The van der Waals surface area contributed by atoms with Crippen molar-refractivity contribution in [2.75, 3.05) is 19.6 Å². The van der Waals surface area contributed by atoms with Gasteiger partial charge < -0.3 is 4.42 Å². The minimum Gasteiger partial charge on any atom is -0.472 e. The zero-order valence-corrected chi connectivity index (χ0v) is 14.7. The van der Waals surface area contributed by atoms with Crippen molar-refractivity contribution in [3.63, 3.8) is 0 Å². The highest BCUT2D eigenvalue weighted by atomic mass is 16.3. The van der Waals surface area contributed by atoms with Gasteiger partial charge in [0.2, 0.25) is 0 Å². The molecule has 2 aromatic rings. The van der Waals surface area contributed by atoms with Crippen LogP contribution in [0.25, 0.3) is 0 Å². The lowest BCUT2D eigenvalue weighted by atomic mass is 9.92. The van der Waals surface area contributed by atoms with Crippen molar-refractivity contribution in [2.24, 2.45) is 11.8 Å². The summed E-state index contributed by atoms with van der Waals surface area (Å²) in [4.78, 5) is 9.57. The quantitative estimate of drug-likeness (QED) is 0.806. The molecule has 4 heterocycles. The van der Waals surface area contributed by atoms with Gasteiger partial charge in [0.1, 0.15) is 12.7 Å².